The number of benzene rings is 1. The number of piperidine rings is 1. The smallest absolute Gasteiger partial charge is 0.224 e. The van der Waals surface area contributed by atoms with Gasteiger partial charge in [-0.2, -0.15) is 0 Å². The highest BCUT2D eigenvalue weighted by atomic mass is 19.1. The minimum absolute atomic E-state index is 0.0356. The van der Waals surface area contributed by atoms with Gasteiger partial charge in [0.05, 0.1) is 6.61 Å². The van der Waals surface area contributed by atoms with Crippen molar-refractivity contribution < 1.29 is 18.7 Å². The summed E-state index contributed by atoms with van der Waals surface area (Å²) in [7, 11) is 1.64. The first kappa shape index (κ1) is 21.7. The molecule has 2 heterocycles. The number of nitrogens with zero attached hydrogens (tertiary/aromatic N) is 2. The normalized spacial score (nSPS) is 20.6. The summed E-state index contributed by atoms with van der Waals surface area (Å²) in [5, 5.41) is 2.88. The van der Waals surface area contributed by atoms with E-state index in [0.717, 1.165) is 44.5 Å². The number of nitrogens with one attached hydrogen (secondary N) is 1. The Morgan fingerprint density at radius 2 is 2.03 bits per heavy atom. The molecular formula is C22H32FN3O3. The van der Waals surface area contributed by atoms with E-state index in [1.807, 2.05) is 17.0 Å². The summed E-state index contributed by atoms with van der Waals surface area (Å²) < 4.78 is 19.1. The molecule has 3 rings (SSSR count). The second kappa shape index (κ2) is 10.7. The number of rotatable bonds is 9. The highest BCUT2D eigenvalue weighted by molar-refractivity contribution is 5.81. The Bertz CT molecular complexity index is 692. The molecule has 0 aliphatic carbocycles. The van der Waals surface area contributed by atoms with E-state index < -0.39 is 0 Å². The highest BCUT2D eigenvalue weighted by Gasteiger charge is 2.28. The molecule has 1 N–H and O–H groups in total. The lowest BCUT2D eigenvalue weighted by Gasteiger charge is -2.35. The lowest BCUT2D eigenvalue weighted by molar-refractivity contribution is -0.133. The van der Waals surface area contributed by atoms with Crippen molar-refractivity contribution in [3.05, 3.63) is 35.6 Å². The van der Waals surface area contributed by atoms with Crippen LogP contribution in [0, 0.1) is 11.7 Å². The van der Waals surface area contributed by atoms with Crippen molar-refractivity contribution in [3.8, 4) is 0 Å². The molecular weight excluding hydrogens is 373 g/mol. The van der Waals surface area contributed by atoms with Crippen molar-refractivity contribution in [1.29, 1.82) is 0 Å². The van der Waals surface area contributed by atoms with Gasteiger partial charge in [0, 0.05) is 51.2 Å². The summed E-state index contributed by atoms with van der Waals surface area (Å²) in [5.74, 6) is 0.410. The zero-order chi connectivity index (χ0) is 20.6. The van der Waals surface area contributed by atoms with Gasteiger partial charge in [0.25, 0.3) is 0 Å². The van der Waals surface area contributed by atoms with E-state index in [0.29, 0.717) is 38.5 Å². The van der Waals surface area contributed by atoms with Crippen LogP contribution in [0.1, 0.15) is 37.7 Å². The fraction of sp³-hybridized carbons (Fsp3) is 0.636. The summed E-state index contributed by atoms with van der Waals surface area (Å²) in [6.07, 6.45) is 3.59. The number of methoxy groups -OCH3 is 1. The molecule has 0 aromatic heterocycles. The Morgan fingerprint density at radius 3 is 2.69 bits per heavy atom. The Labute approximate surface area is 172 Å². The van der Waals surface area contributed by atoms with Gasteiger partial charge in [0.1, 0.15) is 5.82 Å². The van der Waals surface area contributed by atoms with Gasteiger partial charge in [-0.15, -0.1) is 0 Å². The van der Waals surface area contributed by atoms with E-state index in [9.17, 15) is 14.0 Å². The number of likely N-dealkylation sites (tertiary alicyclic amines) is 1. The molecule has 2 aliphatic rings. The maximum atomic E-state index is 13.9. The van der Waals surface area contributed by atoms with Crippen molar-refractivity contribution in [2.75, 3.05) is 39.9 Å². The highest BCUT2D eigenvalue weighted by Crippen LogP contribution is 2.22. The Morgan fingerprint density at radius 1 is 1.28 bits per heavy atom. The van der Waals surface area contributed by atoms with Crippen LogP contribution in [0.5, 0.6) is 0 Å². The van der Waals surface area contributed by atoms with Crippen molar-refractivity contribution in [2.45, 2.75) is 44.7 Å². The van der Waals surface area contributed by atoms with E-state index in [-0.39, 0.29) is 23.7 Å². The van der Waals surface area contributed by atoms with Gasteiger partial charge in [-0.05, 0) is 44.3 Å². The summed E-state index contributed by atoms with van der Waals surface area (Å²) >= 11 is 0. The predicted octanol–water partition coefficient (Wildman–Crippen LogP) is 2.18. The van der Waals surface area contributed by atoms with E-state index in [4.69, 9.17) is 4.74 Å². The van der Waals surface area contributed by atoms with Gasteiger partial charge in [-0.3, -0.25) is 14.5 Å². The summed E-state index contributed by atoms with van der Waals surface area (Å²) in [6, 6.07) is 6.90. The molecule has 29 heavy (non-hydrogen) atoms. The molecule has 0 unspecified atom stereocenters. The van der Waals surface area contributed by atoms with E-state index in [1.54, 1.807) is 13.2 Å². The standard InChI is InChI=1S/C22H32FN3O3/c1-29-13-12-26(22(28)14-19-6-7-21(27)24-19)15-17-8-10-25(11-9-17)16-18-4-2-3-5-20(18)23/h2-5,17,19H,6-16H2,1H3,(H,24,27)/t19-/m0/s1. The maximum Gasteiger partial charge on any atom is 0.224 e. The molecule has 7 heteroatoms. The first-order valence-electron chi connectivity index (χ1n) is 10.6. The Kier molecular flexibility index (Phi) is 8.00. The second-order valence-electron chi connectivity index (χ2n) is 8.15. The molecule has 1 atom stereocenters. The largest absolute Gasteiger partial charge is 0.383 e. The second-order valence-corrected chi connectivity index (χ2v) is 8.15. The lowest BCUT2D eigenvalue weighted by Crippen LogP contribution is -2.43. The molecule has 2 fully saturated rings. The van der Waals surface area contributed by atoms with Crippen molar-refractivity contribution in [1.82, 2.24) is 15.1 Å². The van der Waals surface area contributed by atoms with Crippen LogP contribution in [0.25, 0.3) is 0 Å². The number of carbonyl (C=O) groups excluding carboxylic acids is 2. The van der Waals surface area contributed by atoms with Gasteiger partial charge in [0.2, 0.25) is 11.8 Å². The maximum absolute atomic E-state index is 13.9. The van der Waals surface area contributed by atoms with Gasteiger partial charge < -0.3 is 15.0 Å². The van der Waals surface area contributed by atoms with Gasteiger partial charge in [-0.1, -0.05) is 18.2 Å². The molecule has 0 radical (unpaired) electrons. The minimum Gasteiger partial charge on any atom is -0.383 e. The Hall–Kier alpha value is -1.99. The van der Waals surface area contributed by atoms with Crippen LogP contribution >= 0.6 is 0 Å². The first-order chi connectivity index (χ1) is 14.0. The molecule has 0 spiro atoms. The fourth-order valence-corrected chi connectivity index (χ4v) is 4.20. The molecule has 2 amide bonds. The molecule has 2 saturated heterocycles. The zero-order valence-corrected chi connectivity index (χ0v) is 17.2. The molecule has 0 bridgehead atoms. The average molecular weight is 406 g/mol. The monoisotopic (exact) mass is 405 g/mol. The number of hydrogen-bond acceptors (Lipinski definition) is 4. The van der Waals surface area contributed by atoms with Gasteiger partial charge in [-0.25, -0.2) is 4.39 Å². The summed E-state index contributed by atoms with van der Waals surface area (Å²) in [4.78, 5) is 28.4. The average Bonchev–Trinajstić information content (AvgIpc) is 3.12. The first-order valence-corrected chi connectivity index (χ1v) is 10.6. The quantitative estimate of drug-likeness (QED) is 0.684. The molecule has 1 aromatic rings. The third-order valence-electron chi connectivity index (χ3n) is 5.96. The predicted molar refractivity (Wildman–Crippen MR) is 109 cm³/mol. The molecule has 6 nitrogen and oxygen atoms in total. The van der Waals surface area contributed by atoms with Crippen molar-refractivity contribution >= 4 is 11.8 Å². The van der Waals surface area contributed by atoms with Crippen LogP contribution in [0.15, 0.2) is 24.3 Å². The number of hydrogen-bond donors (Lipinski definition) is 1. The van der Waals surface area contributed by atoms with E-state index in [2.05, 4.69) is 10.2 Å². The number of carbonyl (C=O) groups is 2. The zero-order valence-electron chi connectivity index (χ0n) is 17.2. The third-order valence-corrected chi connectivity index (χ3v) is 5.96. The van der Waals surface area contributed by atoms with E-state index >= 15 is 0 Å². The SMILES string of the molecule is COCCN(CC1CCN(Cc2ccccc2F)CC1)C(=O)C[C@@H]1CCC(=O)N1. The molecule has 2 aliphatic heterocycles. The van der Waals surface area contributed by atoms with Crippen LogP contribution in [-0.2, 0) is 20.9 Å². The topological polar surface area (TPSA) is 61.9 Å². The van der Waals surface area contributed by atoms with Crippen molar-refractivity contribution in [3.63, 3.8) is 0 Å². The van der Waals surface area contributed by atoms with Crippen LogP contribution in [-0.4, -0.2) is 67.6 Å². The third kappa shape index (κ3) is 6.51. The fourth-order valence-electron chi connectivity index (χ4n) is 4.20. The Balaban J connectivity index is 1.48. The lowest BCUT2D eigenvalue weighted by atomic mass is 9.95. The van der Waals surface area contributed by atoms with Crippen LogP contribution in [0.3, 0.4) is 0 Å². The minimum atomic E-state index is -0.148. The number of ether oxygens (including phenoxy) is 1. The van der Waals surface area contributed by atoms with Crippen LogP contribution in [0.2, 0.25) is 0 Å². The van der Waals surface area contributed by atoms with E-state index in [1.165, 1.54) is 6.07 Å². The summed E-state index contributed by atoms with van der Waals surface area (Å²) in [6.45, 7) is 4.25. The van der Waals surface area contributed by atoms with Crippen LogP contribution in [0.4, 0.5) is 4.39 Å². The number of halogens is 1. The van der Waals surface area contributed by atoms with Crippen molar-refractivity contribution in [2.24, 2.45) is 5.92 Å². The number of amides is 2. The summed E-state index contributed by atoms with van der Waals surface area (Å²) in [5.41, 5.74) is 0.737. The van der Waals surface area contributed by atoms with Crippen LogP contribution < -0.4 is 5.32 Å². The molecule has 160 valence electrons. The molecule has 0 saturated carbocycles. The van der Waals surface area contributed by atoms with Gasteiger partial charge in [0.15, 0.2) is 0 Å². The molecule has 1 aromatic carbocycles. The van der Waals surface area contributed by atoms with Gasteiger partial charge >= 0.3 is 0 Å².